The molecule has 0 bridgehead atoms. The van der Waals surface area contributed by atoms with Gasteiger partial charge >= 0.3 is 0 Å². The maximum atomic E-state index is 11.0. The van der Waals surface area contributed by atoms with Crippen molar-refractivity contribution in [3.63, 3.8) is 0 Å². The SMILES string of the molecule is O=[N+]([O-])c1ccc2ncc(-c3ccnc(N4CCNCC4)n3)cc2c1. The highest BCUT2D eigenvalue weighted by Crippen LogP contribution is 2.25. The number of benzene rings is 1. The Labute approximate surface area is 143 Å². The van der Waals surface area contributed by atoms with Crippen molar-refractivity contribution in [2.45, 2.75) is 0 Å². The van der Waals surface area contributed by atoms with Crippen LogP contribution in [0.3, 0.4) is 0 Å². The molecule has 0 aliphatic carbocycles. The van der Waals surface area contributed by atoms with Gasteiger partial charge in [-0.2, -0.15) is 0 Å². The van der Waals surface area contributed by atoms with Crippen LogP contribution in [-0.2, 0) is 0 Å². The van der Waals surface area contributed by atoms with E-state index in [1.165, 1.54) is 12.1 Å². The molecule has 0 spiro atoms. The average Bonchev–Trinajstić information content (AvgIpc) is 2.68. The first-order chi connectivity index (χ1) is 12.2. The van der Waals surface area contributed by atoms with Crippen LogP contribution in [0.4, 0.5) is 11.6 Å². The van der Waals surface area contributed by atoms with Crippen LogP contribution in [0.5, 0.6) is 0 Å². The lowest BCUT2D eigenvalue weighted by Gasteiger charge is -2.27. The molecule has 3 heterocycles. The summed E-state index contributed by atoms with van der Waals surface area (Å²) in [4.78, 5) is 26.1. The number of fused-ring (bicyclic) bond motifs is 1. The number of anilines is 1. The zero-order valence-corrected chi connectivity index (χ0v) is 13.4. The monoisotopic (exact) mass is 336 g/mol. The van der Waals surface area contributed by atoms with Crippen LogP contribution >= 0.6 is 0 Å². The summed E-state index contributed by atoms with van der Waals surface area (Å²) in [6.45, 7) is 3.56. The maximum Gasteiger partial charge on any atom is 0.270 e. The van der Waals surface area contributed by atoms with Crippen molar-refractivity contribution in [3.8, 4) is 11.3 Å². The van der Waals surface area contributed by atoms with Gasteiger partial charge in [-0.15, -0.1) is 0 Å². The van der Waals surface area contributed by atoms with Crippen molar-refractivity contribution in [2.75, 3.05) is 31.1 Å². The van der Waals surface area contributed by atoms with Crippen LogP contribution in [0, 0.1) is 10.1 Å². The maximum absolute atomic E-state index is 11.0. The summed E-state index contributed by atoms with van der Waals surface area (Å²) >= 11 is 0. The van der Waals surface area contributed by atoms with Crippen molar-refractivity contribution in [1.82, 2.24) is 20.3 Å². The van der Waals surface area contributed by atoms with Gasteiger partial charge in [0.1, 0.15) is 0 Å². The van der Waals surface area contributed by atoms with Crippen molar-refractivity contribution >= 4 is 22.5 Å². The van der Waals surface area contributed by atoms with E-state index in [1.807, 2.05) is 12.1 Å². The molecule has 4 rings (SSSR count). The Morgan fingerprint density at radius 3 is 2.76 bits per heavy atom. The van der Waals surface area contributed by atoms with Gasteiger partial charge in [0.15, 0.2) is 0 Å². The fourth-order valence-corrected chi connectivity index (χ4v) is 2.90. The number of nitro groups is 1. The first kappa shape index (κ1) is 15.4. The molecule has 1 aliphatic rings. The predicted octanol–water partition coefficient (Wildman–Crippen LogP) is 2.01. The molecule has 0 amide bonds. The lowest BCUT2D eigenvalue weighted by Crippen LogP contribution is -2.44. The van der Waals surface area contributed by atoms with Crippen molar-refractivity contribution in [3.05, 3.63) is 52.8 Å². The fourth-order valence-electron chi connectivity index (χ4n) is 2.90. The van der Waals surface area contributed by atoms with E-state index >= 15 is 0 Å². The van der Waals surface area contributed by atoms with E-state index in [1.54, 1.807) is 18.5 Å². The number of nitrogens with one attached hydrogen (secondary N) is 1. The molecule has 1 saturated heterocycles. The third-order valence-electron chi connectivity index (χ3n) is 4.21. The predicted molar refractivity (Wildman–Crippen MR) is 94.5 cm³/mol. The van der Waals surface area contributed by atoms with Gasteiger partial charge in [-0.25, -0.2) is 9.97 Å². The van der Waals surface area contributed by atoms with Crippen LogP contribution in [0.25, 0.3) is 22.2 Å². The van der Waals surface area contributed by atoms with E-state index in [0.29, 0.717) is 16.9 Å². The van der Waals surface area contributed by atoms with Crippen molar-refractivity contribution in [2.24, 2.45) is 0 Å². The number of rotatable bonds is 3. The lowest BCUT2D eigenvalue weighted by molar-refractivity contribution is -0.384. The smallest absolute Gasteiger partial charge is 0.270 e. The highest BCUT2D eigenvalue weighted by atomic mass is 16.6. The molecule has 3 aromatic rings. The summed E-state index contributed by atoms with van der Waals surface area (Å²) < 4.78 is 0. The molecule has 2 aromatic heterocycles. The minimum Gasteiger partial charge on any atom is -0.338 e. The quantitative estimate of drug-likeness (QED) is 0.577. The van der Waals surface area contributed by atoms with Crippen LogP contribution in [0.15, 0.2) is 42.7 Å². The number of non-ortho nitro benzene ring substituents is 1. The molecular formula is C17H16N6O2. The number of nitro benzene ring substituents is 1. The normalized spacial score (nSPS) is 14.6. The van der Waals surface area contributed by atoms with Crippen LogP contribution in [0.2, 0.25) is 0 Å². The van der Waals surface area contributed by atoms with E-state index in [2.05, 4.69) is 25.2 Å². The molecule has 0 saturated carbocycles. The molecule has 25 heavy (non-hydrogen) atoms. The number of hydrogen-bond acceptors (Lipinski definition) is 7. The number of piperazine rings is 1. The highest BCUT2D eigenvalue weighted by Gasteiger charge is 2.14. The first-order valence-electron chi connectivity index (χ1n) is 8.04. The second-order valence-electron chi connectivity index (χ2n) is 5.84. The van der Waals surface area contributed by atoms with Gasteiger partial charge in [-0.05, 0) is 18.2 Å². The molecular weight excluding hydrogens is 320 g/mol. The van der Waals surface area contributed by atoms with E-state index < -0.39 is 4.92 Å². The second-order valence-corrected chi connectivity index (χ2v) is 5.84. The fraction of sp³-hybridized carbons (Fsp3) is 0.235. The van der Waals surface area contributed by atoms with Gasteiger partial charge in [0.2, 0.25) is 5.95 Å². The molecule has 1 fully saturated rings. The summed E-state index contributed by atoms with van der Waals surface area (Å²) in [5, 5.41) is 15.0. The van der Waals surface area contributed by atoms with E-state index in [4.69, 9.17) is 0 Å². The summed E-state index contributed by atoms with van der Waals surface area (Å²) in [6, 6.07) is 8.35. The van der Waals surface area contributed by atoms with Gasteiger partial charge in [0, 0.05) is 61.7 Å². The van der Waals surface area contributed by atoms with Gasteiger partial charge in [-0.1, -0.05) is 0 Å². The number of aromatic nitrogens is 3. The zero-order chi connectivity index (χ0) is 17.2. The molecule has 0 atom stereocenters. The van der Waals surface area contributed by atoms with E-state index in [-0.39, 0.29) is 5.69 Å². The van der Waals surface area contributed by atoms with Crippen LogP contribution in [0.1, 0.15) is 0 Å². The molecule has 1 N–H and O–H groups in total. The number of hydrogen-bond donors (Lipinski definition) is 1. The molecule has 8 nitrogen and oxygen atoms in total. The summed E-state index contributed by atoms with van der Waals surface area (Å²) in [5.74, 6) is 0.693. The number of pyridine rings is 1. The standard InChI is InChI=1S/C17H16N6O2/c24-23(25)14-1-2-15-12(10-14)9-13(11-20-15)16-3-4-19-17(21-16)22-7-5-18-6-8-22/h1-4,9-11,18H,5-8H2. The molecule has 1 aliphatic heterocycles. The summed E-state index contributed by atoms with van der Waals surface area (Å²) in [5.41, 5.74) is 2.33. The van der Waals surface area contributed by atoms with Gasteiger partial charge in [-0.3, -0.25) is 15.1 Å². The zero-order valence-electron chi connectivity index (χ0n) is 13.4. The summed E-state index contributed by atoms with van der Waals surface area (Å²) in [7, 11) is 0. The van der Waals surface area contributed by atoms with E-state index in [0.717, 1.165) is 37.4 Å². The molecule has 8 heteroatoms. The molecule has 1 aromatic carbocycles. The average molecular weight is 336 g/mol. The molecule has 126 valence electrons. The third-order valence-corrected chi connectivity index (χ3v) is 4.21. The second kappa shape index (κ2) is 6.40. The Morgan fingerprint density at radius 2 is 1.96 bits per heavy atom. The third kappa shape index (κ3) is 3.11. The van der Waals surface area contributed by atoms with Crippen molar-refractivity contribution in [1.29, 1.82) is 0 Å². The Kier molecular flexibility index (Phi) is 3.95. The largest absolute Gasteiger partial charge is 0.338 e. The Hall–Kier alpha value is -3.13. The minimum absolute atomic E-state index is 0.0515. The van der Waals surface area contributed by atoms with Gasteiger partial charge < -0.3 is 10.2 Å². The van der Waals surface area contributed by atoms with Gasteiger partial charge in [0.05, 0.1) is 16.1 Å². The first-order valence-corrected chi connectivity index (χ1v) is 8.04. The van der Waals surface area contributed by atoms with Crippen LogP contribution < -0.4 is 10.2 Å². The Bertz CT molecular complexity index is 939. The number of nitrogens with zero attached hydrogens (tertiary/aromatic N) is 5. The van der Waals surface area contributed by atoms with Crippen molar-refractivity contribution < 1.29 is 4.92 Å². The topological polar surface area (TPSA) is 97.1 Å². The Balaban J connectivity index is 1.72. The molecule has 0 radical (unpaired) electrons. The van der Waals surface area contributed by atoms with Crippen LogP contribution in [-0.4, -0.2) is 46.1 Å². The van der Waals surface area contributed by atoms with E-state index in [9.17, 15) is 10.1 Å². The molecule has 0 unspecified atom stereocenters. The lowest BCUT2D eigenvalue weighted by atomic mass is 10.1. The minimum atomic E-state index is -0.403. The Morgan fingerprint density at radius 1 is 1.12 bits per heavy atom. The van der Waals surface area contributed by atoms with Gasteiger partial charge in [0.25, 0.3) is 5.69 Å². The highest BCUT2D eigenvalue weighted by molar-refractivity contribution is 5.84. The summed E-state index contributed by atoms with van der Waals surface area (Å²) in [6.07, 6.45) is 3.47.